The summed E-state index contributed by atoms with van der Waals surface area (Å²) < 4.78 is 45.0. The minimum Gasteiger partial charge on any atom is -0.464 e. The van der Waals surface area contributed by atoms with Gasteiger partial charge in [-0.05, 0) is 44.0 Å². The number of amides is 2. The van der Waals surface area contributed by atoms with Crippen LogP contribution in [-0.4, -0.2) is 29.8 Å². The number of fused-ring (bicyclic) bond motifs is 1. The van der Waals surface area contributed by atoms with E-state index in [1.807, 2.05) is 26.0 Å². The topological polar surface area (TPSA) is 62.6 Å². The van der Waals surface area contributed by atoms with Crippen molar-refractivity contribution in [2.24, 2.45) is 0 Å². The lowest BCUT2D eigenvalue weighted by Gasteiger charge is -2.21. The van der Waals surface area contributed by atoms with Crippen LogP contribution in [0.3, 0.4) is 0 Å². The fourth-order valence-electron chi connectivity index (χ4n) is 3.38. The van der Waals surface area contributed by atoms with Crippen LogP contribution in [0.2, 0.25) is 0 Å². The molecular formula is C23H23F3N2O3. The molecule has 164 valence electrons. The molecule has 2 aromatic carbocycles. The summed E-state index contributed by atoms with van der Waals surface area (Å²) in [5.74, 6) is -1.02. The van der Waals surface area contributed by atoms with Crippen molar-refractivity contribution in [3.63, 3.8) is 0 Å². The maximum absolute atomic E-state index is 13.1. The number of carbonyl (C=O) groups excluding carboxylic acids is 2. The number of anilines is 1. The Bertz CT molecular complexity index is 1120. The SMILES string of the molecule is CCN(CC(=O)Nc1ccccc1C(F)(F)F)C(=O)Cc1coc2c(C)c(C)ccc12. The number of rotatable bonds is 6. The standard InChI is InChI=1S/C23H23F3N2O3/c1-4-28(12-20(29)27-19-8-6-5-7-18(19)23(24,25)26)21(30)11-16-13-31-22-15(3)14(2)9-10-17(16)22/h5-10,13H,4,11-12H2,1-3H3,(H,27,29). The van der Waals surface area contributed by atoms with E-state index in [0.717, 1.165) is 22.6 Å². The largest absolute Gasteiger partial charge is 0.464 e. The molecule has 3 rings (SSSR count). The minimum absolute atomic E-state index is 0.0236. The third-order valence-corrected chi connectivity index (χ3v) is 5.26. The Balaban J connectivity index is 1.71. The van der Waals surface area contributed by atoms with Crippen molar-refractivity contribution in [3.05, 3.63) is 64.9 Å². The molecule has 0 radical (unpaired) electrons. The van der Waals surface area contributed by atoms with Gasteiger partial charge in [-0.2, -0.15) is 13.2 Å². The molecule has 0 fully saturated rings. The van der Waals surface area contributed by atoms with Gasteiger partial charge in [0.1, 0.15) is 5.58 Å². The predicted octanol–water partition coefficient (Wildman–Crippen LogP) is 5.10. The van der Waals surface area contributed by atoms with Gasteiger partial charge < -0.3 is 14.6 Å². The Labute approximate surface area is 177 Å². The van der Waals surface area contributed by atoms with Crippen LogP contribution in [0.15, 0.2) is 47.1 Å². The van der Waals surface area contributed by atoms with Gasteiger partial charge in [-0.25, -0.2) is 0 Å². The zero-order valence-corrected chi connectivity index (χ0v) is 17.5. The number of carbonyl (C=O) groups is 2. The molecule has 0 saturated carbocycles. The minimum atomic E-state index is -4.59. The molecule has 1 N–H and O–H groups in total. The Morgan fingerprint density at radius 1 is 1.10 bits per heavy atom. The lowest BCUT2D eigenvalue weighted by atomic mass is 10.0. The molecule has 0 spiro atoms. The first kappa shape index (κ1) is 22.4. The Kier molecular flexibility index (Phi) is 6.38. The molecule has 0 saturated heterocycles. The van der Waals surface area contributed by atoms with Crippen molar-refractivity contribution in [1.82, 2.24) is 4.90 Å². The van der Waals surface area contributed by atoms with Gasteiger partial charge in [-0.15, -0.1) is 0 Å². The lowest BCUT2D eigenvalue weighted by Crippen LogP contribution is -2.38. The molecule has 5 nitrogen and oxygen atoms in total. The number of likely N-dealkylation sites (N-methyl/N-ethyl adjacent to an activating group) is 1. The van der Waals surface area contributed by atoms with Crippen LogP contribution < -0.4 is 5.32 Å². The summed E-state index contributed by atoms with van der Waals surface area (Å²) in [5.41, 5.74) is 2.21. The van der Waals surface area contributed by atoms with E-state index < -0.39 is 17.6 Å². The summed E-state index contributed by atoms with van der Waals surface area (Å²) in [7, 11) is 0. The van der Waals surface area contributed by atoms with Crippen LogP contribution in [0.4, 0.5) is 18.9 Å². The van der Waals surface area contributed by atoms with Gasteiger partial charge in [0.05, 0.1) is 30.5 Å². The average Bonchev–Trinajstić information content (AvgIpc) is 3.11. The summed E-state index contributed by atoms with van der Waals surface area (Å²) in [6.07, 6.45) is -3.04. The third kappa shape index (κ3) is 4.90. The fourth-order valence-corrected chi connectivity index (χ4v) is 3.38. The molecule has 0 aliphatic heterocycles. The number of para-hydroxylation sites is 1. The van der Waals surface area contributed by atoms with Gasteiger partial charge in [-0.1, -0.05) is 24.3 Å². The molecule has 3 aromatic rings. The predicted molar refractivity (Wildman–Crippen MR) is 112 cm³/mol. The number of alkyl halides is 3. The van der Waals surface area contributed by atoms with Crippen molar-refractivity contribution in [2.75, 3.05) is 18.4 Å². The first-order chi connectivity index (χ1) is 14.6. The van der Waals surface area contributed by atoms with E-state index in [4.69, 9.17) is 4.42 Å². The molecule has 0 aliphatic carbocycles. The Morgan fingerprint density at radius 2 is 1.81 bits per heavy atom. The zero-order valence-electron chi connectivity index (χ0n) is 17.5. The number of aryl methyl sites for hydroxylation is 2. The second kappa shape index (κ2) is 8.83. The highest BCUT2D eigenvalue weighted by Crippen LogP contribution is 2.34. The second-order valence-electron chi connectivity index (χ2n) is 7.32. The number of hydrogen-bond donors (Lipinski definition) is 1. The van der Waals surface area contributed by atoms with Gasteiger partial charge in [0.15, 0.2) is 0 Å². The number of nitrogens with zero attached hydrogens (tertiary/aromatic N) is 1. The molecule has 1 heterocycles. The number of nitrogens with one attached hydrogen (secondary N) is 1. The van der Waals surface area contributed by atoms with Crippen molar-refractivity contribution in [2.45, 2.75) is 33.4 Å². The van der Waals surface area contributed by atoms with Crippen LogP contribution in [-0.2, 0) is 22.2 Å². The summed E-state index contributed by atoms with van der Waals surface area (Å²) in [6, 6.07) is 8.57. The maximum atomic E-state index is 13.1. The highest BCUT2D eigenvalue weighted by atomic mass is 19.4. The second-order valence-corrected chi connectivity index (χ2v) is 7.32. The summed E-state index contributed by atoms with van der Waals surface area (Å²) in [4.78, 5) is 26.4. The molecule has 1 aromatic heterocycles. The van der Waals surface area contributed by atoms with Crippen molar-refractivity contribution in [1.29, 1.82) is 0 Å². The summed E-state index contributed by atoms with van der Waals surface area (Å²) >= 11 is 0. The first-order valence-electron chi connectivity index (χ1n) is 9.82. The quantitative estimate of drug-likeness (QED) is 0.590. The molecule has 0 atom stereocenters. The zero-order chi connectivity index (χ0) is 22.8. The van der Waals surface area contributed by atoms with Gasteiger partial charge in [0, 0.05) is 17.5 Å². The van der Waals surface area contributed by atoms with Crippen LogP contribution in [0.1, 0.15) is 29.2 Å². The summed E-state index contributed by atoms with van der Waals surface area (Å²) in [6.45, 7) is 5.50. The highest BCUT2D eigenvalue weighted by molar-refractivity contribution is 5.96. The highest BCUT2D eigenvalue weighted by Gasteiger charge is 2.33. The molecule has 2 amide bonds. The van der Waals surface area contributed by atoms with Gasteiger partial charge in [-0.3, -0.25) is 9.59 Å². The van der Waals surface area contributed by atoms with Crippen molar-refractivity contribution in [3.8, 4) is 0 Å². The molecule has 0 unspecified atom stereocenters. The molecule has 0 bridgehead atoms. The molecular weight excluding hydrogens is 409 g/mol. The third-order valence-electron chi connectivity index (χ3n) is 5.26. The van der Waals surface area contributed by atoms with Crippen LogP contribution in [0.25, 0.3) is 11.0 Å². The first-order valence-corrected chi connectivity index (χ1v) is 9.82. The summed E-state index contributed by atoms with van der Waals surface area (Å²) in [5, 5.41) is 3.10. The molecule has 8 heteroatoms. The molecule has 0 aliphatic rings. The normalized spacial score (nSPS) is 11.5. The Hall–Kier alpha value is -3.29. The van der Waals surface area contributed by atoms with E-state index in [-0.39, 0.29) is 31.1 Å². The fraction of sp³-hybridized carbons (Fsp3) is 0.304. The maximum Gasteiger partial charge on any atom is 0.418 e. The van der Waals surface area contributed by atoms with Crippen LogP contribution in [0.5, 0.6) is 0 Å². The number of hydrogen-bond acceptors (Lipinski definition) is 3. The van der Waals surface area contributed by atoms with Gasteiger partial charge in [0.25, 0.3) is 0 Å². The lowest BCUT2D eigenvalue weighted by molar-refractivity contribution is -0.137. The molecule has 31 heavy (non-hydrogen) atoms. The van der Waals surface area contributed by atoms with Crippen LogP contribution >= 0.6 is 0 Å². The number of benzene rings is 2. The Morgan fingerprint density at radius 3 is 2.48 bits per heavy atom. The van der Waals surface area contributed by atoms with E-state index in [0.29, 0.717) is 11.1 Å². The van der Waals surface area contributed by atoms with E-state index in [1.165, 1.54) is 29.4 Å². The number of furan rings is 1. The van der Waals surface area contributed by atoms with Gasteiger partial charge in [0.2, 0.25) is 11.8 Å². The van der Waals surface area contributed by atoms with Crippen molar-refractivity contribution < 1.29 is 27.2 Å². The van der Waals surface area contributed by atoms with E-state index >= 15 is 0 Å². The van der Waals surface area contributed by atoms with E-state index in [9.17, 15) is 22.8 Å². The van der Waals surface area contributed by atoms with Crippen LogP contribution in [0, 0.1) is 13.8 Å². The smallest absolute Gasteiger partial charge is 0.418 e. The van der Waals surface area contributed by atoms with Crippen molar-refractivity contribution >= 4 is 28.5 Å². The van der Waals surface area contributed by atoms with E-state index in [1.54, 1.807) is 6.92 Å². The van der Waals surface area contributed by atoms with Gasteiger partial charge >= 0.3 is 6.18 Å². The number of halogens is 3. The average molecular weight is 432 g/mol. The van der Waals surface area contributed by atoms with E-state index in [2.05, 4.69) is 5.32 Å². The monoisotopic (exact) mass is 432 g/mol.